The zero-order valence-corrected chi connectivity index (χ0v) is 19.7. The largest absolute Gasteiger partial charge is 0.369 e. The number of benzene rings is 2. The lowest BCUT2D eigenvalue weighted by Crippen LogP contribution is -2.48. The van der Waals surface area contributed by atoms with Gasteiger partial charge < -0.3 is 10.2 Å². The molecule has 0 unspecified atom stereocenters. The number of carbonyl (C=O) groups is 1. The van der Waals surface area contributed by atoms with E-state index in [-0.39, 0.29) is 16.8 Å². The van der Waals surface area contributed by atoms with Crippen LogP contribution in [0.5, 0.6) is 0 Å². The van der Waals surface area contributed by atoms with E-state index in [0.29, 0.717) is 43.6 Å². The molecule has 0 spiro atoms. The quantitative estimate of drug-likeness (QED) is 0.746. The maximum absolute atomic E-state index is 13.3. The minimum Gasteiger partial charge on any atom is -0.369 e. The summed E-state index contributed by atoms with van der Waals surface area (Å²) < 4.78 is 28.1. The van der Waals surface area contributed by atoms with Crippen molar-refractivity contribution in [2.75, 3.05) is 31.1 Å². The summed E-state index contributed by atoms with van der Waals surface area (Å²) in [5, 5.41) is 3.14. The van der Waals surface area contributed by atoms with Gasteiger partial charge >= 0.3 is 0 Å². The second kappa shape index (κ2) is 9.63. The summed E-state index contributed by atoms with van der Waals surface area (Å²) in [4.78, 5) is 15.3. The van der Waals surface area contributed by atoms with Crippen LogP contribution in [0.25, 0.3) is 0 Å². The molecule has 32 heavy (non-hydrogen) atoms. The smallest absolute Gasteiger partial charge is 0.251 e. The molecular weight excluding hydrogens is 422 g/mol. The highest BCUT2D eigenvalue weighted by Gasteiger charge is 2.31. The number of sulfonamides is 1. The Morgan fingerprint density at radius 2 is 1.66 bits per heavy atom. The number of hydrogen-bond acceptors (Lipinski definition) is 4. The molecule has 172 valence electrons. The molecule has 3 atom stereocenters. The molecule has 1 heterocycles. The first-order chi connectivity index (χ1) is 15.4. The van der Waals surface area contributed by atoms with Gasteiger partial charge in [0.2, 0.25) is 10.0 Å². The summed E-state index contributed by atoms with van der Waals surface area (Å²) in [7, 11) is -3.65. The lowest BCUT2D eigenvalue weighted by molar-refractivity contribution is 0.0891. The number of nitrogens with one attached hydrogen (secondary N) is 1. The highest BCUT2D eigenvalue weighted by molar-refractivity contribution is 7.89. The third-order valence-electron chi connectivity index (χ3n) is 7.12. The minimum absolute atomic E-state index is 0.137. The first-order valence-electron chi connectivity index (χ1n) is 11.6. The molecule has 1 aliphatic carbocycles. The van der Waals surface area contributed by atoms with Crippen LogP contribution in [-0.2, 0) is 10.0 Å². The Labute approximate surface area is 191 Å². The monoisotopic (exact) mass is 455 g/mol. The number of carbonyl (C=O) groups excluding carboxylic acids is 1. The topological polar surface area (TPSA) is 69.7 Å². The van der Waals surface area contributed by atoms with Crippen LogP contribution >= 0.6 is 0 Å². The van der Waals surface area contributed by atoms with E-state index in [4.69, 9.17) is 0 Å². The van der Waals surface area contributed by atoms with Gasteiger partial charge in [-0.3, -0.25) is 4.79 Å². The first-order valence-corrected chi connectivity index (χ1v) is 13.0. The fourth-order valence-corrected chi connectivity index (χ4v) is 6.28. The zero-order chi connectivity index (χ0) is 22.7. The van der Waals surface area contributed by atoms with Crippen molar-refractivity contribution in [3.05, 3.63) is 60.2 Å². The molecule has 0 bridgehead atoms. The maximum atomic E-state index is 13.3. The normalized spacial score (nSPS) is 24.8. The van der Waals surface area contributed by atoms with Gasteiger partial charge in [-0.2, -0.15) is 4.31 Å². The Morgan fingerprint density at radius 3 is 2.38 bits per heavy atom. The average Bonchev–Trinajstić information content (AvgIpc) is 2.83. The summed E-state index contributed by atoms with van der Waals surface area (Å²) in [5.41, 5.74) is 1.51. The van der Waals surface area contributed by atoms with E-state index in [2.05, 4.69) is 24.1 Å². The van der Waals surface area contributed by atoms with E-state index in [9.17, 15) is 13.2 Å². The van der Waals surface area contributed by atoms with Gasteiger partial charge in [0, 0.05) is 43.5 Å². The molecular formula is C25H33N3O3S. The maximum Gasteiger partial charge on any atom is 0.251 e. The van der Waals surface area contributed by atoms with Crippen molar-refractivity contribution >= 4 is 21.6 Å². The van der Waals surface area contributed by atoms with E-state index in [1.807, 2.05) is 30.3 Å². The number of amides is 1. The van der Waals surface area contributed by atoms with Gasteiger partial charge in [-0.15, -0.1) is 0 Å². The Kier molecular flexibility index (Phi) is 6.86. The fraction of sp³-hybridized carbons (Fsp3) is 0.480. The molecule has 2 aromatic rings. The van der Waals surface area contributed by atoms with Gasteiger partial charge in [0.1, 0.15) is 0 Å². The molecule has 0 radical (unpaired) electrons. The third kappa shape index (κ3) is 4.84. The highest BCUT2D eigenvalue weighted by Crippen LogP contribution is 2.30. The fourth-order valence-electron chi connectivity index (χ4n) is 4.81. The third-order valence-corrected chi connectivity index (χ3v) is 9.01. The van der Waals surface area contributed by atoms with Gasteiger partial charge in [0.25, 0.3) is 5.91 Å². The Bertz CT molecular complexity index is 1030. The number of rotatable bonds is 5. The van der Waals surface area contributed by atoms with Crippen LogP contribution in [0.3, 0.4) is 0 Å². The van der Waals surface area contributed by atoms with Crippen molar-refractivity contribution < 1.29 is 13.2 Å². The van der Waals surface area contributed by atoms with Crippen molar-refractivity contribution in [2.24, 2.45) is 11.8 Å². The van der Waals surface area contributed by atoms with Crippen molar-refractivity contribution in [1.29, 1.82) is 0 Å². The average molecular weight is 456 g/mol. The van der Waals surface area contributed by atoms with Crippen molar-refractivity contribution in [1.82, 2.24) is 9.62 Å². The lowest BCUT2D eigenvalue weighted by Gasteiger charge is -2.35. The van der Waals surface area contributed by atoms with Crippen molar-refractivity contribution in [3.8, 4) is 0 Å². The molecule has 4 rings (SSSR count). The molecule has 1 amide bonds. The number of anilines is 1. The van der Waals surface area contributed by atoms with Crippen LogP contribution in [0.2, 0.25) is 0 Å². The van der Waals surface area contributed by atoms with E-state index < -0.39 is 10.0 Å². The van der Waals surface area contributed by atoms with Gasteiger partial charge in [0.15, 0.2) is 0 Å². The molecule has 1 saturated carbocycles. The Hall–Kier alpha value is -2.38. The molecule has 1 saturated heterocycles. The predicted octanol–water partition coefficient (Wildman–Crippen LogP) is 3.75. The minimum atomic E-state index is -3.65. The second-order valence-electron chi connectivity index (χ2n) is 9.10. The standard InChI is InChI=1S/C25H33N3O3S/c1-19-8-6-13-24(20(19)2)26-25(29)21-9-7-12-23(18-21)32(30,31)28-16-14-27(15-17-28)22-10-4-3-5-11-22/h3-5,7,9-12,18-20,24H,6,8,13-17H2,1-2H3,(H,26,29)/t19-,20+,24+/m1/s1. The van der Waals surface area contributed by atoms with E-state index >= 15 is 0 Å². The molecule has 2 aromatic carbocycles. The molecule has 2 fully saturated rings. The van der Waals surface area contributed by atoms with E-state index in [0.717, 1.165) is 18.5 Å². The van der Waals surface area contributed by atoms with Gasteiger partial charge in [-0.25, -0.2) is 8.42 Å². The van der Waals surface area contributed by atoms with Crippen LogP contribution in [0.4, 0.5) is 5.69 Å². The van der Waals surface area contributed by atoms with E-state index in [1.54, 1.807) is 18.2 Å². The molecule has 1 N–H and O–H groups in total. The number of hydrogen-bond donors (Lipinski definition) is 1. The SMILES string of the molecule is C[C@H]1[C@H](C)CCC[C@@H]1NC(=O)c1cccc(S(=O)(=O)N2CCN(c3ccccc3)CC2)c1. The predicted molar refractivity (Wildman–Crippen MR) is 127 cm³/mol. The van der Waals surface area contributed by atoms with Crippen LogP contribution in [-0.4, -0.2) is 50.9 Å². The molecule has 0 aromatic heterocycles. The Balaban J connectivity index is 1.43. The van der Waals surface area contributed by atoms with Crippen LogP contribution in [0.1, 0.15) is 43.5 Å². The summed E-state index contributed by atoms with van der Waals surface area (Å²) >= 11 is 0. The Morgan fingerprint density at radius 1 is 0.938 bits per heavy atom. The summed E-state index contributed by atoms with van der Waals surface area (Å²) in [6, 6.07) is 16.6. The second-order valence-corrected chi connectivity index (χ2v) is 11.0. The summed E-state index contributed by atoms with van der Waals surface area (Å²) in [6.07, 6.45) is 3.28. The first kappa shape index (κ1) is 22.8. The summed E-state index contributed by atoms with van der Waals surface area (Å²) in [5.74, 6) is 0.803. The van der Waals surface area contributed by atoms with Crippen LogP contribution in [0, 0.1) is 11.8 Å². The molecule has 1 aliphatic heterocycles. The van der Waals surface area contributed by atoms with Crippen molar-refractivity contribution in [3.63, 3.8) is 0 Å². The number of para-hydroxylation sites is 1. The zero-order valence-electron chi connectivity index (χ0n) is 18.9. The van der Waals surface area contributed by atoms with Gasteiger partial charge in [-0.1, -0.05) is 51.0 Å². The number of nitrogens with zero attached hydrogens (tertiary/aromatic N) is 2. The van der Waals surface area contributed by atoms with Gasteiger partial charge in [0.05, 0.1) is 4.90 Å². The van der Waals surface area contributed by atoms with Crippen molar-refractivity contribution in [2.45, 2.75) is 44.0 Å². The lowest BCUT2D eigenvalue weighted by atomic mass is 9.78. The highest BCUT2D eigenvalue weighted by atomic mass is 32.2. The molecule has 7 heteroatoms. The van der Waals surface area contributed by atoms with Gasteiger partial charge in [-0.05, 0) is 48.6 Å². The molecule has 2 aliphatic rings. The van der Waals surface area contributed by atoms with Crippen LogP contribution < -0.4 is 10.2 Å². The molecule has 6 nitrogen and oxygen atoms in total. The van der Waals surface area contributed by atoms with E-state index in [1.165, 1.54) is 16.8 Å². The number of piperazine rings is 1. The summed E-state index contributed by atoms with van der Waals surface area (Å²) in [6.45, 7) is 6.54. The van der Waals surface area contributed by atoms with Crippen LogP contribution in [0.15, 0.2) is 59.5 Å².